The van der Waals surface area contributed by atoms with Crippen LogP contribution in [0.1, 0.15) is 5.56 Å². The zero-order valence-electron chi connectivity index (χ0n) is 9.59. The first-order valence-corrected chi connectivity index (χ1v) is 5.36. The first kappa shape index (κ1) is 11.3. The summed E-state index contributed by atoms with van der Waals surface area (Å²) in [4.78, 5) is 15.3. The van der Waals surface area contributed by atoms with Crippen molar-refractivity contribution in [1.82, 2.24) is 4.98 Å². The van der Waals surface area contributed by atoms with Gasteiger partial charge < -0.3 is 4.74 Å². The average Bonchev–Trinajstić information content (AvgIpc) is 2.40. The molecule has 1 heterocycles. The molecule has 2 rings (SSSR count). The number of nitrogens with zero attached hydrogens (tertiary/aromatic N) is 1. The molecule has 0 atom stereocenters. The molecule has 0 amide bonds. The van der Waals surface area contributed by atoms with E-state index in [0.29, 0.717) is 0 Å². The summed E-state index contributed by atoms with van der Waals surface area (Å²) in [5.74, 6) is -0.253. The van der Waals surface area contributed by atoms with Crippen molar-refractivity contribution in [1.29, 1.82) is 0 Å². The predicted molar refractivity (Wildman–Crippen MR) is 65.4 cm³/mol. The van der Waals surface area contributed by atoms with E-state index in [4.69, 9.17) is 0 Å². The molecule has 1 aromatic carbocycles. The maximum atomic E-state index is 11.2. The molecule has 0 aliphatic carbocycles. The van der Waals surface area contributed by atoms with E-state index in [1.54, 1.807) is 12.4 Å². The Balaban J connectivity index is 2.26. The Bertz CT molecular complexity index is 509. The van der Waals surface area contributed by atoms with Crippen LogP contribution in [0.25, 0.3) is 11.1 Å². The van der Waals surface area contributed by atoms with Gasteiger partial charge in [-0.2, -0.15) is 0 Å². The number of hydrogen-bond donors (Lipinski definition) is 0. The highest BCUT2D eigenvalue weighted by Gasteiger charge is 2.04. The van der Waals surface area contributed by atoms with Crippen LogP contribution in [0, 0.1) is 0 Å². The monoisotopic (exact) mass is 227 g/mol. The van der Waals surface area contributed by atoms with Crippen molar-refractivity contribution in [2.24, 2.45) is 0 Å². The molecule has 0 fully saturated rings. The molecule has 17 heavy (non-hydrogen) atoms. The van der Waals surface area contributed by atoms with Crippen molar-refractivity contribution in [3.63, 3.8) is 0 Å². The van der Waals surface area contributed by atoms with Crippen LogP contribution in [0.4, 0.5) is 0 Å². The van der Waals surface area contributed by atoms with E-state index < -0.39 is 0 Å². The van der Waals surface area contributed by atoms with E-state index in [1.165, 1.54) is 7.11 Å². The normalized spacial score (nSPS) is 9.94. The van der Waals surface area contributed by atoms with Gasteiger partial charge in [0.2, 0.25) is 0 Å². The van der Waals surface area contributed by atoms with Crippen molar-refractivity contribution in [3.8, 4) is 11.1 Å². The second-order valence-corrected chi connectivity index (χ2v) is 3.70. The largest absolute Gasteiger partial charge is 0.469 e. The number of carbonyl (C=O) groups excluding carboxylic acids is 1. The summed E-state index contributed by atoms with van der Waals surface area (Å²) in [6, 6.07) is 11.9. The van der Waals surface area contributed by atoms with Crippen molar-refractivity contribution >= 4 is 5.97 Å². The Kier molecular flexibility index (Phi) is 3.50. The number of methoxy groups -OCH3 is 1. The Labute approximate surface area is 100 Å². The van der Waals surface area contributed by atoms with Crippen LogP contribution < -0.4 is 0 Å². The molecular formula is C14H13NO2. The maximum absolute atomic E-state index is 11.2. The van der Waals surface area contributed by atoms with E-state index >= 15 is 0 Å². The van der Waals surface area contributed by atoms with Crippen LogP contribution in [0.5, 0.6) is 0 Å². The first-order valence-electron chi connectivity index (χ1n) is 5.36. The van der Waals surface area contributed by atoms with Gasteiger partial charge in [0, 0.05) is 18.0 Å². The third-order valence-electron chi connectivity index (χ3n) is 2.48. The van der Waals surface area contributed by atoms with Crippen LogP contribution >= 0.6 is 0 Å². The van der Waals surface area contributed by atoms with Gasteiger partial charge in [-0.1, -0.05) is 30.3 Å². The Morgan fingerprint density at radius 3 is 2.65 bits per heavy atom. The lowest BCUT2D eigenvalue weighted by Crippen LogP contribution is -2.04. The molecule has 3 nitrogen and oxygen atoms in total. The fourth-order valence-corrected chi connectivity index (χ4v) is 1.61. The molecule has 0 spiro atoms. The van der Waals surface area contributed by atoms with E-state index in [2.05, 4.69) is 9.72 Å². The average molecular weight is 227 g/mol. The van der Waals surface area contributed by atoms with E-state index in [-0.39, 0.29) is 12.4 Å². The highest BCUT2D eigenvalue weighted by atomic mass is 16.5. The summed E-state index contributed by atoms with van der Waals surface area (Å²) in [5.41, 5.74) is 2.96. The zero-order valence-corrected chi connectivity index (χ0v) is 9.59. The Morgan fingerprint density at radius 1 is 1.18 bits per heavy atom. The minimum atomic E-state index is -0.253. The molecular weight excluding hydrogens is 214 g/mol. The summed E-state index contributed by atoms with van der Waals surface area (Å²) in [5, 5.41) is 0. The van der Waals surface area contributed by atoms with Gasteiger partial charge in [0.15, 0.2) is 0 Å². The number of benzene rings is 1. The fraction of sp³-hybridized carbons (Fsp3) is 0.143. The molecule has 0 radical (unpaired) electrons. The topological polar surface area (TPSA) is 39.2 Å². The van der Waals surface area contributed by atoms with Crippen LogP contribution in [-0.4, -0.2) is 18.1 Å². The van der Waals surface area contributed by atoms with Gasteiger partial charge in [-0.05, 0) is 17.2 Å². The number of ether oxygens (including phenoxy) is 1. The van der Waals surface area contributed by atoms with Gasteiger partial charge in [0.25, 0.3) is 0 Å². The van der Waals surface area contributed by atoms with Gasteiger partial charge in [-0.3, -0.25) is 9.78 Å². The smallest absolute Gasteiger partial charge is 0.310 e. The van der Waals surface area contributed by atoms with E-state index in [1.807, 2.05) is 36.4 Å². The second-order valence-electron chi connectivity index (χ2n) is 3.70. The van der Waals surface area contributed by atoms with Crippen molar-refractivity contribution in [2.45, 2.75) is 6.42 Å². The molecule has 0 saturated heterocycles. The molecule has 86 valence electrons. The Hall–Kier alpha value is -2.16. The van der Waals surface area contributed by atoms with E-state index in [0.717, 1.165) is 16.7 Å². The summed E-state index contributed by atoms with van der Waals surface area (Å²) >= 11 is 0. The van der Waals surface area contributed by atoms with Crippen molar-refractivity contribution < 1.29 is 9.53 Å². The number of hydrogen-bond acceptors (Lipinski definition) is 3. The number of carbonyl (C=O) groups is 1. The van der Waals surface area contributed by atoms with Gasteiger partial charge in [0.1, 0.15) is 0 Å². The van der Waals surface area contributed by atoms with Gasteiger partial charge in [0.05, 0.1) is 13.5 Å². The number of aromatic nitrogens is 1. The van der Waals surface area contributed by atoms with Crippen molar-refractivity contribution in [2.75, 3.05) is 7.11 Å². The summed E-state index contributed by atoms with van der Waals surface area (Å²) in [7, 11) is 1.39. The SMILES string of the molecule is COC(=O)Cc1cncc(-c2ccccc2)c1. The number of pyridine rings is 1. The highest BCUT2D eigenvalue weighted by Crippen LogP contribution is 2.18. The second kappa shape index (κ2) is 5.25. The van der Waals surface area contributed by atoms with Crippen LogP contribution in [-0.2, 0) is 16.0 Å². The summed E-state index contributed by atoms with van der Waals surface area (Å²) < 4.78 is 4.63. The predicted octanol–water partition coefficient (Wildman–Crippen LogP) is 2.46. The molecule has 0 aliphatic heterocycles. The van der Waals surface area contributed by atoms with Crippen molar-refractivity contribution in [3.05, 3.63) is 54.4 Å². The fourth-order valence-electron chi connectivity index (χ4n) is 1.61. The van der Waals surface area contributed by atoms with E-state index in [9.17, 15) is 4.79 Å². The molecule has 0 bridgehead atoms. The minimum Gasteiger partial charge on any atom is -0.469 e. The maximum Gasteiger partial charge on any atom is 0.310 e. The summed E-state index contributed by atoms with van der Waals surface area (Å²) in [6.07, 6.45) is 3.73. The molecule has 0 unspecified atom stereocenters. The molecule has 2 aromatic rings. The quantitative estimate of drug-likeness (QED) is 0.756. The molecule has 0 N–H and O–H groups in total. The van der Waals surface area contributed by atoms with Gasteiger partial charge in [-0.15, -0.1) is 0 Å². The first-order chi connectivity index (χ1) is 8.29. The van der Waals surface area contributed by atoms with Gasteiger partial charge in [-0.25, -0.2) is 0 Å². The third-order valence-corrected chi connectivity index (χ3v) is 2.48. The number of esters is 1. The lowest BCUT2D eigenvalue weighted by atomic mass is 10.1. The summed E-state index contributed by atoms with van der Waals surface area (Å²) in [6.45, 7) is 0. The Morgan fingerprint density at radius 2 is 1.94 bits per heavy atom. The van der Waals surface area contributed by atoms with Crippen LogP contribution in [0.15, 0.2) is 48.8 Å². The number of rotatable bonds is 3. The van der Waals surface area contributed by atoms with Gasteiger partial charge >= 0.3 is 5.97 Å². The standard InChI is InChI=1S/C14H13NO2/c1-17-14(16)8-11-7-13(10-15-9-11)12-5-3-2-4-6-12/h2-7,9-10H,8H2,1H3. The zero-order chi connectivity index (χ0) is 12.1. The third kappa shape index (κ3) is 2.91. The molecule has 0 aliphatic rings. The lowest BCUT2D eigenvalue weighted by molar-refractivity contribution is -0.139. The van der Waals surface area contributed by atoms with Crippen LogP contribution in [0.3, 0.4) is 0 Å². The lowest BCUT2D eigenvalue weighted by Gasteiger charge is -2.04. The van der Waals surface area contributed by atoms with Crippen LogP contribution in [0.2, 0.25) is 0 Å². The molecule has 3 heteroatoms. The minimum absolute atomic E-state index is 0.253. The molecule has 0 saturated carbocycles. The highest BCUT2D eigenvalue weighted by molar-refractivity contribution is 5.73. The molecule has 1 aromatic heterocycles.